The number of nitrogens with zero attached hydrogens (tertiary/aromatic N) is 3. The number of rotatable bonds is 6. The Balaban J connectivity index is 2.23. The van der Waals surface area contributed by atoms with Gasteiger partial charge in [0.25, 0.3) is 0 Å². The summed E-state index contributed by atoms with van der Waals surface area (Å²) in [5, 5.41) is 21.1. The van der Waals surface area contributed by atoms with Gasteiger partial charge in [0.15, 0.2) is 5.16 Å². The van der Waals surface area contributed by atoms with E-state index in [0.29, 0.717) is 12.3 Å². The third-order valence-corrected chi connectivity index (χ3v) is 2.88. The van der Waals surface area contributed by atoms with Crippen molar-refractivity contribution in [2.45, 2.75) is 18.2 Å². The van der Waals surface area contributed by atoms with Crippen molar-refractivity contribution in [1.82, 2.24) is 20.1 Å². The highest BCUT2D eigenvalue weighted by atomic mass is 32.2. The Morgan fingerprint density at radius 3 is 3.07 bits per heavy atom. The van der Waals surface area contributed by atoms with Crippen molar-refractivity contribution in [3.05, 3.63) is 6.33 Å². The molecule has 0 bridgehead atoms. The van der Waals surface area contributed by atoms with Gasteiger partial charge in [0.05, 0.1) is 6.10 Å². The van der Waals surface area contributed by atoms with Gasteiger partial charge in [0, 0.05) is 19.3 Å². The van der Waals surface area contributed by atoms with Crippen molar-refractivity contribution in [2.75, 3.05) is 18.8 Å². The van der Waals surface area contributed by atoms with Crippen LogP contribution in [0, 0.1) is 0 Å². The van der Waals surface area contributed by atoms with Crippen molar-refractivity contribution in [3.63, 3.8) is 0 Å². The predicted molar refractivity (Wildman–Crippen MR) is 56.3 cm³/mol. The van der Waals surface area contributed by atoms with Crippen molar-refractivity contribution in [2.24, 2.45) is 7.05 Å². The van der Waals surface area contributed by atoms with Gasteiger partial charge in [0.1, 0.15) is 6.33 Å². The lowest BCUT2D eigenvalue weighted by atomic mass is 10.4. The molecule has 1 unspecified atom stereocenters. The summed E-state index contributed by atoms with van der Waals surface area (Å²) in [5.74, 6) is 0.638. The Morgan fingerprint density at radius 2 is 2.50 bits per heavy atom. The lowest BCUT2D eigenvalue weighted by Gasteiger charge is -2.09. The lowest BCUT2D eigenvalue weighted by molar-refractivity contribution is 0.196. The SMILES string of the molecule is CCNCC(O)CSc1nncn1C. The van der Waals surface area contributed by atoms with Gasteiger partial charge in [-0.2, -0.15) is 0 Å². The number of aromatic nitrogens is 3. The number of aliphatic hydroxyl groups excluding tert-OH is 1. The van der Waals surface area contributed by atoms with E-state index in [-0.39, 0.29) is 6.10 Å². The Labute approximate surface area is 87.9 Å². The predicted octanol–water partition coefficient (Wildman–Crippen LogP) is -0.122. The minimum Gasteiger partial charge on any atom is -0.391 e. The largest absolute Gasteiger partial charge is 0.391 e. The zero-order valence-corrected chi connectivity index (χ0v) is 9.29. The normalized spacial score (nSPS) is 13.1. The van der Waals surface area contributed by atoms with Gasteiger partial charge in [0.2, 0.25) is 0 Å². The summed E-state index contributed by atoms with van der Waals surface area (Å²) in [6, 6.07) is 0. The van der Waals surface area contributed by atoms with E-state index in [1.54, 1.807) is 6.33 Å². The number of thioether (sulfide) groups is 1. The van der Waals surface area contributed by atoms with Crippen LogP contribution in [0.5, 0.6) is 0 Å². The molecule has 0 aromatic carbocycles. The molecule has 0 amide bonds. The van der Waals surface area contributed by atoms with E-state index in [9.17, 15) is 5.11 Å². The van der Waals surface area contributed by atoms with E-state index in [1.807, 2.05) is 18.5 Å². The molecule has 80 valence electrons. The zero-order valence-electron chi connectivity index (χ0n) is 8.47. The van der Waals surface area contributed by atoms with E-state index >= 15 is 0 Å². The molecule has 1 atom stereocenters. The standard InChI is InChI=1S/C8H16N4OS/c1-3-9-4-7(13)5-14-8-11-10-6-12(8)2/h6-7,9,13H,3-5H2,1-2H3. The van der Waals surface area contributed by atoms with Crippen LogP contribution in [-0.2, 0) is 7.05 Å². The first kappa shape index (κ1) is 11.5. The topological polar surface area (TPSA) is 63.0 Å². The smallest absolute Gasteiger partial charge is 0.190 e. The van der Waals surface area contributed by atoms with Crippen LogP contribution >= 0.6 is 11.8 Å². The van der Waals surface area contributed by atoms with Crippen molar-refractivity contribution in [3.8, 4) is 0 Å². The summed E-state index contributed by atoms with van der Waals surface area (Å²) in [7, 11) is 1.89. The third kappa shape index (κ3) is 3.65. The van der Waals surface area contributed by atoms with Crippen molar-refractivity contribution in [1.29, 1.82) is 0 Å². The molecule has 0 saturated carbocycles. The fraction of sp³-hybridized carbons (Fsp3) is 0.750. The van der Waals surface area contributed by atoms with Crippen LogP contribution in [0.25, 0.3) is 0 Å². The Kier molecular flexibility index (Phi) is 4.92. The average Bonchev–Trinajstić information content (AvgIpc) is 2.58. The molecule has 2 N–H and O–H groups in total. The van der Waals surface area contributed by atoms with E-state index in [2.05, 4.69) is 15.5 Å². The fourth-order valence-corrected chi connectivity index (χ4v) is 1.76. The lowest BCUT2D eigenvalue weighted by Crippen LogP contribution is -2.28. The number of likely N-dealkylation sites (N-methyl/N-ethyl adjacent to an activating group) is 1. The second kappa shape index (κ2) is 6.00. The fourth-order valence-electron chi connectivity index (χ4n) is 0.944. The van der Waals surface area contributed by atoms with Gasteiger partial charge >= 0.3 is 0 Å². The number of nitrogens with one attached hydrogen (secondary N) is 1. The second-order valence-electron chi connectivity index (χ2n) is 3.00. The molecule has 0 aliphatic heterocycles. The Bertz CT molecular complexity index is 266. The molecule has 0 aliphatic rings. The third-order valence-electron chi connectivity index (χ3n) is 1.70. The molecule has 0 aliphatic carbocycles. The quantitative estimate of drug-likeness (QED) is 0.649. The molecule has 1 heterocycles. The summed E-state index contributed by atoms with van der Waals surface area (Å²) in [5.41, 5.74) is 0. The summed E-state index contributed by atoms with van der Waals surface area (Å²) in [6.45, 7) is 3.52. The van der Waals surface area contributed by atoms with Gasteiger partial charge in [-0.25, -0.2) is 0 Å². The van der Waals surface area contributed by atoms with Crippen LogP contribution in [0.2, 0.25) is 0 Å². The molecule has 0 saturated heterocycles. The first-order valence-electron chi connectivity index (χ1n) is 4.59. The van der Waals surface area contributed by atoms with Crippen molar-refractivity contribution >= 4 is 11.8 Å². The molecule has 0 fully saturated rings. The summed E-state index contributed by atoms with van der Waals surface area (Å²) >= 11 is 1.51. The highest BCUT2D eigenvalue weighted by Gasteiger charge is 2.07. The van der Waals surface area contributed by atoms with E-state index in [1.165, 1.54) is 11.8 Å². The molecule has 1 rings (SSSR count). The van der Waals surface area contributed by atoms with Crippen molar-refractivity contribution < 1.29 is 5.11 Å². The molecular formula is C8H16N4OS. The van der Waals surface area contributed by atoms with Gasteiger partial charge in [-0.3, -0.25) is 0 Å². The summed E-state index contributed by atoms with van der Waals surface area (Å²) < 4.78 is 1.84. The molecule has 6 heteroatoms. The molecular weight excluding hydrogens is 200 g/mol. The summed E-state index contributed by atoms with van der Waals surface area (Å²) in [6.07, 6.45) is 1.32. The number of aryl methyl sites for hydroxylation is 1. The molecule has 5 nitrogen and oxygen atoms in total. The molecule has 1 aromatic rings. The van der Waals surface area contributed by atoms with E-state index in [0.717, 1.165) is 11.7 Å². The first-order chi connectivity index (χ1) is 6.74. The minimum absolute atomic E-state index is 0.336. The second-order valence-corrected chi connectivity index (χ2v) is 3.98. The summed E-state index contributed by atoms with van der Waals surface area (Å²) in [4.78, 5) is 0. The molecule has 0 spiro atoms. The number of hydrogen-bond acceptors (Lipinski definition) is 5. The highest BCUT2D eigenvalue weighted by molar-refractivity contribution is 7.99. The van der Waals surface area contributed by atoms with Crippen LogP contribution < -0.4 is 5.32 Å². The number of aliphatic hydroxyl groups is 1. The Hall–Kier alpha value is -0.590. The molecule has 14 heavy (non-hydrogen) atoms. The first-order valence-corrected chi connectivity index (χ1v) is 5.58. The monoisotopic (exact) mass is 216 g/mol. The zero-order chi connectivity index (χ0) is 10.4. The average molecular weight is 216 g/mol. The van der Waals surface area contributed by atoms with E-state index in [4.69, 9.17) is 0 Å². The maximum absolute atomic E-state index is 9.53. The maximum Gasteiger partial charge on any atom is 0.190 e. The molecule has 0 radical (unpaired) electrons. The van der Waals surface area contributed by atoms with E-state index < -0.39 is 0 Å². The highest BCUT2D eigenvalue weighted by Crippen LogP contribution is 2.13. The van der Waals surface area contributed by atoms with Crippen LogP contribution in [-0.4, -0.2) is 44.8 Å². The van der Waals surface area contributed by atoms with Gasteiger partial charge in [-0.05, 0) is 6.54 Å². The maximum atomic E-state index is 9.53. The van der Waals surface area contributed by atoms with Crippen LogP contribution in [0.15, 0.2) is 11.5 Å². The van der Waals surface area contributed by atoms with Gasteiger partial charge in [-0.1, -0.05) is 18.7 Å². The van der Waals surface area contributed by atoms with Gasteiger partial charge in [-0.15, -0.1) is 10.2 Å². The Morgan fingerprint density at radius 1 is 1.71 bits per heavy atom. The van der Waals surface area contributed by atoms with Crippen LogP contribution in [0.3, 0.4) is 0 Å². The molecule has 1 aromatic heterocycles. The van der Waals surface area contributed by atoms with Crippen LogP contribution in [0.4, 0.5) is 0 Å². The minimum atomic E-state index is -0.336. The number of hydrogen-bond donors (Lipinski definition) is 2. The van der Waals surface area contributed by atoms with Gasteiger partial charge < -0.3 is 15.0 Å². The van der Waals surface area contributed by atoms with Crippen LogP contribution in [0.1, 0.15) is 6.92 Å².